The summed E-state index contributed by atoms with van der Waals surface area (Å²) >= 11 is 1.50. The van der Waals surface area contributed by atoms with Gasteiger partial charge in [-0.2, -0.15) is 0 Å². The summed E-state index contributed by atoms with van der Waals surface area (Å²) in [7, 11) is -3.24. The van der Waals surface area contributed by atoms with Crippen molar-refractivity contribution in [3.63, 3.8) is 0 Å². The third-order valence-electron chi connectivity index (χ3n) is 9.32. The second kappa shape index (κ2) is 12.5. The van der Waals surface area contributed by atoms with E-state index in [1.165, 1.54) is 23.2 Å². The zero-order valence-corrected chi connectivity index (χ0v) is 26.3. The molecule has 6 rings (SSSR count). The topological polar surface area (TPSA) is 78.0 Å². The number of thiophene rings is 1. The van der Waals surface area contributed by atoms with Crippen LogP contribution in [0.25, 0.3) is 0 Å². The summed E-state index contributed by atoms with van der Waals surface area (Å²) in [5, 5.41) is 1.96. The standard InChI is InChI=1S/C32H37N3O4S2.ClH/c1-41(38,39)27-11-9-24(10-12-27)20-34-18-15-32(31(34)37)13-16-33(17-14-32)21-26-22-35(30(36)29-8-5-19-40-29)23-28(26)25-6-3-2-4-7-25;/h2-12,19,26,28H,13-18,20-23H2,1H3;1H. The van der Waals surface area contributed by atoms with Crippen molar-refractivity contribution in [2.75, 3.05) is 45.5 Å². The molecule has 1 spiro atoms. The summed E-state index contributed by atoms with van der Waals surface area (Å²) in [6, 6.07) is 21.3. The number of carbonyl (C=O) groups is 2. The van der Waals surface area contributed by atoms with Crippen LogP contribution in [0.1, 0.15) is 46.0 Å². The van der Waals surface area contributed by atoms with Gasteiger partial charge in [0.25, 0.3) is 5.91 Å². The van der Waals surface area contributed by atoms with Gasteiger partial charge in [0.05, 0.1) is 15.2 Å². The predicted octanol–water partition coefficient (Wildman–Crippen LogP) is 4.94. The first kappa shape index (κ1) is 30.7. The Morgan fingerprint density at radius 1 is 0.929 bits per heavy atom. The molecule has 4 heterocycles. The van der Waals surface area contributed by atoms with E-state index in [-0.39, 0.29) is 29.6 Å². The summed E-state index contributed by atoms with van der Waals surface area (Å²) in [6.07, 6.45) is 3.80. The second-order valence-corrected chi connectivity index (χ2v) is 14.9. The van der Waals surface area contributed by atoms with E-state index in [0.717, 1.165) is 69.0 Å². The van der Waals surface area contributed by atoms with Gasteiger partial charge in [0.15, 0.2) is 9.84 Å². The number of likely N-dealkylation sites (tertiary alicyclic amines) is 3. The molecule has 10 heteroatoms. The van der Waals surface area contributed by atoms with E-state index in [1.807, 2.05) is 45.5 Å². The van der Waals surface area contributed by atoms with E-state index in [1.54, 1.807) is 12.1 Å². The van der Waals surface area contributed by atoms with Gasteiger partial charge in [-0.15, -0.1) is 23.7 Å². The molecular weight excluding hydrogens is 590 g/mol. The maximum absolute atomic E-state index is 13.6. The van der Waals surface area contributed by atoms with Crippen LogP contribution in [0, 0.1) is 11.3 Å². The Morgan fingerprint density at radius 3 is 2.26 bits per heavy atom. The molecule has 7 nitrogen and oxygen atoms in total. The monoisotopic (exact) mass is 627 g/mol. The van der Waals surface area contributed by atoms with Crippen molar-refractivity contribution in [1.82, 2.24) is 14.7 Å². The molecule has 0 N–H and O–H groups in total. The van der Waals surface area contributed by atoms with Gasteiger partial charge < -0.3 is 14.7 Å². The summed E-state index contributed by atoms with van der Waals surface area (Å²) in [5.41, 5.74) is 1.95. The largest absolute Gasteiger partial charge is 0.338 e. The molecule has 0 aliphatic carbocycles. The maximum Gasteiger partial charge on any atom is 0.263 e. The Bertz CT molecular complexity index is 1490. The van der Waals surface area contributed by atoms with E-state index in [2.05, 4.69) is 29.2 Å². The average Bonchev–Trinajstić information content (AvgIpc) is 3.72. The number of nitrogens with zero attached hydrogens (tertiary/aromatic N) is 3. The van der Waals surface area contributed by atoms with Gasteiger partial charge in [-0.05, 0) is 73.0 Å². The smallest absolute Gasteiger partial charge is 0.263 e. The summed E-state index contributed by atoms with van der Waals surface area (Å²) < 4.78 is 23.6. The van der Waals surface area contributed by atoms with E-state index >= 15 is 0 Å². The average molecular weight is 628 g/mol. The normalized spacial score (nSPS) is 22.5. The first-order valence-electron chi connectivity index (χ1n) is 14.4. The fraction of sp³-hybridized carbons (Fsp3) is 0.438. The van der Waals surface area contributed by atoms with Crippen molar-refractivity contribution in [1.29, 1.82) is 0 Å². The minimum atomic E-state index is -3.24. The van der Waals surface area contributed by atoms with E-state index in [4.69, 9.17) is 0 Å². The van der Waals surface area contributed by atoms with Crippen LogP contribution in [0.4, 0.5) is 0 Å². The fourth-order valence-corrected chi connectivity index (χ4v) is 8.24. The Labute approximate surface area is 258 Å². The van der Waals surface area contributed by atoms with E-state index in [9.17, 15) is 18.0 Å². The lowest BCUT2D eigenvalue weighted by Crippen LogP contribution is -2.46. The van der Waals surface area contributed by atoms with E-state index in [0.29, 0.717) is 23.3 Å². The van der Waals surface area contributed by atoms with Crippen LogP contribution in [0.2, 0.25) is 0 Å². The number of hydrogen-bond donors (Lipinski definition) is 0. The van der Waals surface area contributed by atoms with Gasteiger partial charge in [-0.25, -0.2) is 8.42 Å². The molecule has 0 bridgehead atoms. The highest BCUT2D eigenvalue weighted by Crippen LogP contribution is 2.43. The van der Waals surface area contributed by atoms with E-state index < -0.39 is 9.84 Å². The molecule has 0 saturated carbocycles. The highest BCUT2D eigenvalue weighted by Gasteiger charge is 2.48. The van der Waals surface area contributed by atoms with Gasteiger partial charge in [0.2, 0.25) is 5.91 Å². The number of sulfone groups is 1. The predicted molar refractivity (Wildman–Crippen MR) is 168 cm³/mol. The quantitative estimate of drug-likeness (QED) is 0.371. The van der Waals surface area contributed by atoms with Gasteiger partial charge >= 0.3 is 0 Å². The van der Waals surface area contributed by atoms with Gasteiger partial charge in [0, 0.05) is 44.9 Å². The van der Waals surface area contributed by atoms with Crippen LogP contribution < -0.4 is 0 Å². The zero-order chi connectivity index (χ0) is 28.6. The molecule has 3 aliphatic rings. The number of carbonyl (C=O) groups excluding carboxylic acids is 2. The summed E-state index contributed by atoms with van der Waals surface area (Å²) in [4.78, 5) is 34.4. The van der Waals surface area contributed by atoms with Crippen LogP contribution in [0.15, 0.2) is 77.0 Å². The molecule has 42 heavy (non-hydrogen) atoms. The molecule has 0 radical (unpaired) electrons. The van der Waals surface area contributed by atoms with Crippen LogP contribution in [-0.4, -0.2) is 80.5 Å². The SMILES string of the molecule is CS(=O)(=O)c1ccc(CN2CCC3(CCN(CC4CN(C(=O)c5cccs5)CC4c4ccccc4)CC3)C2=O)cc1.Cl. The molecular formula is C32H38ClN3O4S2. The first-order chi connectivity index (χ1) is 19.7. The molecule has 3 aliphatic heterocycles. The van der Waals surface area contributed by atoms with Crippen LogP contribution >= 0.6 is 23.7 Å². The maximum atomic E-state index is 13.6. The highest BCUT2D eigenvalue weighted by atomic mass is 35.5. The number of hydrogen-bond acceptors (Lipinski definition) is 6. The minimum absolute atomic E-state index is 0. The Hall–Kier alpha value is -2.72. The van der Waals surface area contributed by atoms with Gasteiger partial charge in [-0.3, -0.25) is 9.59 Å². The molecule has 2 aromatic carbocycles. The van der Waals surface area contributed by atoms with Gasteiger partial charge in [0.1, 0.15) is 0 Å². The zero-order valence-electron chi connectivity index (χ0n) is 23.9. The minimum Gasteiger partial charge on any atom is -0.338 e. The first-order valence-corrected chi connectivity index (χ1v) is 17.2. The van der Waals surface area contributed by atoms with Crippen LogP contribution in [-0.2, 0) is 21.2 Å². The number of benzene rings is 2. The van der Waals surface area contributed by atoms with Crippen LogP contribution in [0.5, 0.6) is 0 Å². The number of rotatable bonds is 7. The van der Waals surface area contributed by atoms with Crippen molar-refractivity contribution in [2.45, 2.75) is 36.6 Å². The summed E-state index contributed by atoms with van der Waals surface area (Å²) in [6.45, 7) is 5.45. The lowest BCUT2D eigenvalue weighted by molar-refractivity contribution is -0.139. The molecule has 2 unspecified atom stereocenters. The van der Waals surface area contributed by atoms with Gasteiger partial charge in [-0.1, -0.05) is 48.5 Å². The second-order valence-electron chi connectivity index (χ2n) is 11.9. The molecule has 3 fully saturated rings. The molecule has 2 amide bonds. The van der Waals surface area contributed by atoms with Crippen molar-refractivity contribution in [3.05, 3.63) is 88.1 Å². The third-order valence-corrected chi connectivity index (χ3v) is 11.3. The van der Waals surface area contributed by atoms with Crippen molar-refractivity contribution in [2.24, 2.45) is 11.3 Å². The Balaban J connectivity index is 0.00000353. The van der Waals surface area contributed by atoms with Crippen molar-refractivity contribution < 1.29 is 18.0 Å². The van der Waals surface area contributed by atoms with Crippen molar-refractivity contribution in [3.8, 4) is 0 Å². The Kier molecular flexibility index (Phi) is 9.13. The highest BCUT2D eigenvalue weighted by molar-refractivity contribution is 7.90. The third kappa shape index (κ3) is 6.30. The number of amides is 2. The van der Waals surface area contributed by atoms with Crippen LogP contribution in [0.3, 0.4) is 0 Å². The number of piperidine rings is 1. The molecule has 3 saturated heterocycles. The molecule has 224 valence electrons. The molecule has 3 aromatic rings. The fourth-order valence-electron chi connectivity index (χ4n) is 6.92. The Morgan fingerprint density at radius 2 is 1.62 bits per heavy atom. The lowest BCUT2D eigenvalue weighted by Gasteiger charge is -2.39. The number of halogens is 1. The molecule has 1 aromatic heterocycles. The van der Waals surface area contributed by atoms with Crippen molar-refractivity contribution >= 4 is 45.4 Å². The molecule has 2 atom stereocenters. The lowest BCUT2D eigenvalue weighted by atomic mass is 9.76. The summed E-state index contributed by atoms with van der Waals surface area (Å²) in [5.74, 6) is 1.01.